The van der Waals surface area contributed by atoms with Crippen molar-refractivity contribution in [2.75, 3.05) is 221 Å². The first-order chi connectivity index (χ1) is 59.8. The minimum absolute atomic E-state index is 0.340. The monoisotopic (exact) mass is 1990 g/mol. The fourth-order valence-electron chi connectivity index (χ4n) is 15.5. The van der Waals surface area contributed by atoms with Gasteiger partial charge >= 0.3 is 0 Å². The molecule has 5 heterocycles. The molecule has 10 aromatic carbocycles. The van der Waals surface area contributed by atoms with E-state index < -0.39 is 24.6 Å². The summed E-state index contributed by atoms with van der Waals surface area (Å²) in [7, 11) is 0. The highest BCUT2D eigenvalue weighted by Crippen LogP contribution is 2.34. The topological polar surface area (TPSA) is 153 Å². The molecule has 0 amide bonds. The maximum Gasteiger partial charge on any atom is 0.131 e. The molecule has 0 spiro atoms. The molecule has 5 atom stereocenters. The number of hydrogen-bond donors (Lipinski definition) is 8. The summed E-state index contributed by atoms with van der Waals surface area (Å²) in [5.74, 6) is 0. The largest absolute Gasteiger partial charge is 0.390 e. The van der Waals surface area contributed by atoms with Crippen LogP contribution in [0.5, 0.6) is 0 Å². The first-order valence-corrected chi connectivity index (χ1v) is 47.2. The van der Waals surface area contributed by atoms with Crippen LogP contribution in [0.4, 0.5) is 65.7 Å². The molecule has 15 rings (SSSR count). The highest BCUT2D eigenvalue weighted by atomic mass is 79.9. The van der Waals surface area contributed by atoms with Crippen molar-refractivity contribution < 1.29 is 24.1 Å². The Kier molecular flexibility index (Phi) is 41.0. The zero-order chi connectivity index (χ0) is 86.5. The van der Waals surface area contributed by atoms with E-state index >= 15 is 0 Å². The number of nitrogens with zero attached hydrogens (tertiary/aromatic N) is 10. The van der Waals surface area contributed by atoms with Crippen molar-refractivity contribution in [3.8, 4) is 0 Å². The lowest BCUT2D eigenvalue weighted by atomic mass is 10.1. The third-order valence-corrected chi connectivity index (χ3v) is 24.8. The van der Waals surface area contributed by atoms with Crippen LogP contribution in [0.25, 0.3) is 0 Å². The summed E-state index contributed by atoms with van der Waals surface area (Å²) in [6, 6.07) is 86.3. The number of hydrogen-bond acceptors (Lipinski definition) is 18. The van der Waals surface area contributed by atoms with Gasteiger partial charge in [0.1, 0.15) is 12.3 Å². The first-order valence-electron chi connectivity index (χ1n) is 43.2. The van der Waals surface area contributed by atoms with E-state index in [4.69, 9.17) is 0 Å². The third kappa shape index (κ3) is 33.6. The Morgan fingerprint density at radius 1 is 0.244 bits per heavy atom. The summed E-state index contributed by atoms with van der Waals surface area (Å²) in [5, 5.41) is 48.7. The fraction of sp³-hybridized carbons (Fsp3) is 0.388. The summed E-state index contributed by atoms with van der Waals surface area (Å²) in [4.78, 5) is 22.1. The third-order valence-electron chi connectivity index (χ3n) is 22.2. The van der Waals surface area contributed by atoms with E-state index in [1.807, 2.05) is 150 Å². The number of aliphatic hydroxyl groups is 3. The lowest BCUT2D eigenvalue weighted by Gasteiger charge is -2.32. The van der Waals surface area contributed by atoms with Gasteiger partial charge < -0.3 is 66.4 Å². The van der Waals surface area contributed by atoms with Crippen LogP contribution in [0, 0.1) is 20.8 Å². The molecule has 5 aliphatic heterocycles. The van der Waals surface area contributed by atoms with Crippen LogP contribution < -0.4 is 51.1 Å². The summed E-state index contributed by atoms with van der Waals surface area (Å²) >= 11 is 17.4. The molecule has 8 N–H and O–H groups in total. The summed E-state index contributed by atoms with van der Waals surface area (Å²) in [5.41, 5.74) is 14.4. The zero-order valence-corrected chi connectivity index (χ0v) is 79.2. The van der Waals surface area contributed by atoms with Gasteiger partial charge in [-0.2, -0.15) is 0 Å². The molecular weight excluding hydrogens is 1870 g/mol. The Balaban J connectivity index is 0.000000150. The molecule has 0 bridgehead atoms. The van der Waals surface area contributed by atoms with E-state index in [0.717, 1.165) is 217 Å². The quantitative estimate of drug-likeness (QED) is 0.0215. The van der Waals surface area contributed by atoms with Gasteiger partial charge in [0.05, 0.1) is 51.0 Å². The molecule has 123 heavy (non-hydrogen) atoms. The van der Waals surface area contributed by atoms with Crippen molar-refractivity contribution in [3.05, 3.63) is 294 Å². The van der Waals surface area contributed by atoms with Crippen LogP contribution in [0.2, 0.25) is 0 Å². The van der Waals surface area contributed by atoms with Crippen molar-refractivity contribution in [1.82, 2.24) is 51.1 Å². The Labute approximate surface area is 771 Å². The Bertz CT molecular complexity index is 4020. The van der Waals surface area contributed by atoms with Crippen LogP contribution in [0.1, 0.15) is 16.7 Å². The van der Waals surface area contributed by atoms with Crippen molar-refractivity contribution in [1.29, 1.82) is 0 Å². The van der Waals surface area contributed by atoms with Gasteiger partial charge in [0.15, 0.2) is 0 Å². The zero-order valence-electron chi connectivity index (χ0n) is 71.3. The average molecular weight is 2000 g/mol. The van der Waals surface area contributed by atoms with Gasteiger partial charge in [0.25, 0.3) is 0 Å². The number of aryl methyl sites for hydroxylation is 3. The molecular formula is C98H124Br5F2N15O3. The molecule has 5 fully saturated rings. The normalized spacial score (nSPS) is 16.7. The van der Waals surface area contributed by atoms with Gasteiger partial charge in [-0.05, 0) is 203 Å². The second-order valence-electron chi connectivity index (χ2n) is 32.0. The fourth-order valence-corrected chi connectivity index (χ4v) is 16.9. The van der Waals surface area contributed by atoms with E-state index in [-0.39, 0.29) is 6.10 Å². The molecule has 0 aromatic heterocycles. The first kappa shape index (κ1) is 96.6. The molecule has 18 nitrogen and oxygen atoms in total. The Morgan fingerprint density at radius 3 is 0.602 bits per heavy atom. The van der Waals surface area contributed by atoms with E-state index in [1.165, 1.54) is 16.7 Å². The van der Waals surface area contributed by atoms with Crippen molar-refractivity contribution in [2.24, 2.45) is 0 Å². The molecule has 5 saturated heterocycles. The number of para-hydroxylation sites is 2. The van der Waals surface area contributed by atoms with Gasteiger partial charge in [-0.1, -0.05) is 169 Å². The maximum absolute atomic E-state index is 14.8. The lowest BCUT2D eigenvalue weighted by Crippen LogP contribution is -2.48. The van der Waals surface area contributed by atoms with Gasteiger partial charge in [-0.15, -0.1) is 0 Å². The number of piperazine rings is 5. The number of alkyl halides is 2. The van der Waals surface area contributed by atoms with Gasteiger partial charge in [0.2, 0.25) is 0 Å². The summed E-state index contributed by atoms with van der Waals surface area (Å²) < 4.78 is 34.8. The van der Waals surface area contributed by atoms with Crippen LogP contribution in [-0.2, 0) is 0 Å². The second kappa shape index (κ2) is 52.3. The van der Waals surface area contributed by atoms with Crippen molar-refractivity contribution >= 4 is 137 Å². The smallest absolute Gasteiger partial charge is 0.131 e. The van der Waals surface area contributed by atoms with Crippen molar-refractivity contribution in [3.63, 3.8) is 0 Å². The van der Waals surface area contributed by atoms with Crippen LogP contribution in [0.3, 0.4) is 0 Å². The van der Waals surface area contributed by atoms with Gasteiger partial charge in [-0.25, -0.2) is 8.78 Å². The Hall–Kier alpha value is -7.06. The predicted octanol–water partition coefficient (Wildman–Crippen LogP) is 17.1. The number of benzene rings is 10. The molecule has 0 saturated carbocycles. The van der Waals surface area contributed by atoms with Gasteiger partial charge in [0, 0.05) is 243 Å². The molecule has 25 heteroatoms. The predicted molar refractivity (Wildman–Crippen MR) is 527 cm³/mol. The van der Waals surface area contributed by atoms with Crippen LogP contribution in [-0.4, -0.2) is 267 Å². The summed E-state index contributed by atoms with van der Waals surface area (Å²) in [6.45, 7) is 31.3. The average Bonchev–Trinajstić information content (AvgIpc) is 0.833. The lowest BCUT2D eigenvalue weighted by molar-refractivity contribution is 0.110. The van der Waals surface area contributed by atoms with Crippen molar-refractivity contribution in [2.45, 2.75) is 51.4 Å². The highest BCUT2D eigenvalue weighted by molar-refractivity contribution is 9.11. The van der Waals surface area contributed by atoms with E-state index in [0.29, 0.717) is 58.9 Å². The SMILES string of the molecule is Cc1ccc(N(CC(O)CN2CCNCC2)c2ccc(Br)cc2)cc1.Cc1ccc(N(CC(O)CN2CCNCC2)c2ccc(C)cc2)cc1.FC(CN1CCNCC1)CN(c1ccc(Br)cc1)c1ccc(Br)cc1.FC(CN1CCNCC1)CN(c1ccccc1)c1ccc(Br)cc1.OC(CN1CCNCC1)CN(c1ccccc1)c1ccc(Br)cc1. The number of halogens is 7. The molecule has 0 aliphatic carbocycles. The number of nitrogens with one attached hydrogen (secondary N) is 5. The number of rotatable bonds is 30. The van der Waals surface area contributed by atoms with E-state index in [9.17, 15) is 24.1 Å². The van der Waals surface area contributed by atoms with Crippen LogP contribution in [0.15, 0.2) is 277 Å². The molecule has 658 valence electrons. The number of aliphatic hydroxyl groups excluding tert-OH is 3. The standard InChI is InChI=1S/C21H29N3O.C20H26BrN3O.C19H22Br2FN3.C19H23BrFN3.C19H24BrN3O/c1-17-3-7-19(8-4-17)24(20-9-5-18(2)6-10-20)16-21(25)15-23-13-11-22-12-14-23;1-16-2-6-18(7-3-16)24(19-8-4-17(21)5-9-19)15-20(25)14-23-12-10-22-11-13-23;20-15-1-5-18(6-2-15)25(19-7-3-16(21)4-8-19)14-17(22)13-24-11-9-23-10-12-24;20-16-6-8-19(9-7-16)24(18-4-2-1-3-5-18)15-17(21)14-23-12-10-22-11-13-23;20-16-6-8-18(9-7-16)23(17-4-2-1-3-5-17)15-19(24)14-22-12-10-21-11-13-22/h3-10,21-22,25H,11-16H2,1-2H3;2-9,20,22,25H,10-15H2,1H3;1-8,17,23H,9-14H2;1-9,17,22H,10-15H2;1-9,19,21,24H,10-15H2. The van der Waals surface area contributed by atoms with Gasteiger partial charge in [-0.3, -0.25) is 24.5 Å². The van der Waals surface area contributed by atoms with Crippen LogP contribution >= 0.6 is 79.6 Å². The minimum atomic E-state index is -0.912. The second-order valence-corrected chi connectivity index (χ2v) is 36.6. The maximum atomic E-state index is 14.8. The number of anilines is 10. The van der Waals surface area contributed by atoms with E-state index in [2.05, 4.69) is 280 Å². The highest BCUT2D eigenvalue weighted by Gasteiger charge is 2.26. The van der Waals surface area contributed by atoms with E-state index in [1.54, 1.807) is 0 Å². The molecule has 10 aromatic rings. The molecule has 0 radical (unpaired) electrons. The summed E-state index contributed by atoms with van der Waals surface area (Å²) in [6.07, 6.45) is -2.99. The minimum Gasteiger partial charge on any atom is -0.390 e. The molecule has 5 aliphatic rings. The Morgan fingerprint density at radius 2 is 0.407 bits per heavy atom. The molecule has 5 unspecified atom stereocenters. The number of β-amino-alcohol motifs (C(OH)–C–C–N with tert-alkyl or cyclic N) is 3.